The van der Waals surface area contributed by atoms with Gasteiger partial charge in [0.2, 0.25) is 0 Å². The molecule has 276 valence electrons. The number of ether oxygens (including phenoxy) is 3. The molecule has 7 heteroatoms. The zero-order chi connectivity index (χ0) is 38.1. The number of nitrogens with zero attached hydrogens (tertiary/aromatic N) is 4. The van der Waals surface area contributed by atoms with E-state index in [1.165, 1.54) is 33.6 Å². The van der Waals surface area contributed by atoms with Crippen LogP contribution >= 0.6 is 0 Å². The summed E-state index contributed by atoms with van der Waals surface area (Å²) in [5.41, 5.74) is 10.4. The van der Waals surface area contributed by atoms with Crippen molar-refractivity contribution in [2.45, 2.75) is 103 Å². The fraction of sp³-hybridized carbons (Fsp3) is 0.478. The molecule has 7 nitrogen and oxygen atoms in total. The molecule has 5 aliphatic rings. The fourth-order valence-corrected chi connectivity index (χ4v) is 9.17. The monoisotopic (exact) mass is 710 g/mol. The second kappa shape index (κ2) is 12.9. The van der Waals surface area contributed by atoms with Crippen LogP contribution in [0.15, 0.2) is 59.2 Å². The maximum absolute atomic E-state index is 9.90. The van der Waals surface area contributed by atoms with Crippen LogP contribution in [0.1, 0.15) is 114 Å². The summed E-state index contributed by atoms with van der Waals surface area (Å²) < 4.78 is 18.9. The van der Waals surface area contributed by atoms with Gasteiger partial charge in [0.1, 0.15) is 23.0 Å². The standard InChI is InChI=1S/C46H54N4O3/c1-43(2)16-20-49-22-18-45(5,6)37-39(49)34(43)26-29(41(37)51-10)12-14-32-24-31(36(28-47)48-9)25-33(53-32)15-13-30-27-35-40-38(42(30)52-11)46(7,8)19-23-50(40)21-17-44(35,3)4/h12-15,24-27H,16-23H2,1-8,10-11H3. The molecule has 0 aromatic heterocycles. The Morgan fingerprint density at radius 3 is 1.45 bits per heavy atom. The molecule has 0 spiro atoms. The van der Waals surface area contributed by atoms with Gasteiger partial charge in [0.05, 0.1) is 26.9 Å². The highest BCUT2D eigenvalue weighted by molar-refractivity contribution is 5.79. The highest BCUT2D eigenvalue weighted by Gasteiger charge is 2.44. The van der Waals surface area contributed by atoms with E-state index in [0.29, 0.717) is 17.1 Å². The van der Waals surface area contributed by atoms with E-state index in [4.69, 9.17) is 20.8 Å². The van der Waals surface area contributed by atoms with E-state index in [9.17, 15) is 5.26 Å². The second-order valence-corrected chi connectivity index (χ2v) is 17.9. The van der Waals surface area contributed by atoms with Crippen molar-refractivity contribution < 1.29 is 14.2 Å². The fourth-order valence-electron chi connectivity index (χ4n) is 9.17. The lowest BCUT2D eigenvalue weighted by atomic mass is 9.68. The van der Waals surface area contributed by atoms with E-state index in [1.807, 2.05) is 12.2 Å². The number of hydrogen-bond acceptors (Lipinski definition) is 6. The molecule has 0 amide bonds. The largest absolute Gasteiger partial charge is 0.496 e. The number of methoxy groups -OCH3 is 2. The number of rotatable bonds is 6. The van der Waals surface area contributed by atoms with Crippen LogP contribution in [0, 0.1) is 17.9 Å². The Morgan fingerprint density at radius 1 is 0.698 bits per heavy atom. The number of nitriles is 1. The van der Waals surface area contributed by atoms with Crippen molar-refractivity contribution in [3.63, 3.8) is 0 Å². The van der Waals surface area contributed by atoms with Crippen molar-refractivity contribution in [2.75, 3.05) is 50.2 Å². The average molecular weight is 711 g/mol. The third-order valence-electron chi connectivity index (χ3n) is 12.6. The van der Waals surface area contributed by atoms with Gasteiger partial charge in [-0.05, 0) is 113 Å². The van der Waals surface area contributed by atoms with E-state index >= 15 is 0 Å². The third kappa shape index (κ3) is 6.13. The van der Waals surface area contributed by atoms with Crippen LogP contribution in [-0.4, -0.2) is 40.4 Å². The van der Waals surface area contributed by atoms with E-state index in [0.717, 1.165) is 74.5 Å². The van der Waals surface area contributed by atoms with Crippen LogP contribution in [-0.2, 0) is 26.4 Å². The quantitative estimate of drug-likeness (QED) is 0.220. The first kappa shape index (κ1) is 36.5. The SMILES string of the molecule is [C-]#[N+]C(C#N)=C1C=C(C=Cc2cc3c4c(c2OC)C(C)(C)CCN4CCC3(C)C)OC(C=Cc2cc3c4c(c2OC)C(C)(C)CCN4CCC3(C)C)=C1. The first-order valence-electron chi connectivity index (χ1n) is 19.1. The Labute approximate surface area is 316 Å². The van der Waals surface area contributed by atoms with Crippen molar-refractivity contribution in [1.82, 2.24) is 0 Å². The maximum Gasteiger partial charge on any atom is 0.269 e. The molecule has 0 atom stereocenters. The lowest BCUT2D eigenvalue weighted by Gasteiger charge is -2.48. The molecule has 0 aliphatic carbocycles. The average Bonchev–Trinajstić information content (AvgIpc) is 3.11. The topological polar surface area (TPSA) is 62.3 Å². The van der Waals surface area contributed by atoms with Gasteiger partial charge >= 0.3 is 0 Å². The van der Waals surface area contributed by atoms with E-state index < -0.39 is 0 Å². The molecule has 0 saturated heterocycles. The summed E-state index contributed by atoms with van der Waals surface area (Å²) in [6.45, 7) is 30.6. The van der Waals surface area contributed by atoms with Crippen LogP contribution < -0.4 is 19.3 Å². The van der Waals surface area contributed by atoms with Crippen molar-refractivity contribution >= 4 is 23.5 Å². The number of benzene rings is 2. The molecular weight excluding hydrogens is 657 g/mol. The first-order chi connectivity index (χ1) is 25.0. The first-order valence-corrected chi connectivity index (χ1v) is 19.1. The Hall–Kier alpha value is -4.88. The van der Waals surface area contributed by atoms with Gasteiger partial charge in [0.15, 0.2) is 0 Å². The normalized spacial score (nSPS) is 21.5. The summed E-state index contributed by atoms with van der Waals surface area (Å²) in [6, 6.07) is 6.66. The van der Waals surface area contributed by atoms with Crippen molar-refractivity contribution in [3.8, 4) is 17.6 Å². The summed E-state index contributed by atoms with van der Waals surface area (Å²) in [5, 5.41) is 9.90. The van der Waals surface area contributed by atoms with Crippen molar-refractivity contribution in [3.05, 3.63) is 104 Å². The molecule has 0 N–H and O–H groups in total. The summed E-state index contributed by atoms with van der Waals surface area (Å²) in [7, 11) is 3.53. The summed E-state index contributed by atoms with van der Waals surface area (Å²) in [5.74, 6) is 2.86. The Morgan fingerprint density at radius 2 is 1.09 bits per heavy atom. The van der Waals surface area contributed by atoms with Crippen LogP contribution in [0.3, 0.4) is 0 Å². The predicted molar refractivity (Wildman–Crippen MR) is 216 cm³/mol. The third-order valence-corrected chi connectivity index (χ3v) is 12.6. The maximum atomic E-state index is 9.90. The van der Waals surface area contributed by atoms with Crippen molar-refractivity contribution in [2.24, 2.45) is 0 Å². The van der Waals surface area contributed by atoms with Gasteiger partial charge in [-0.25, -0.2) is 10.1 Å². The number of hydrogen-bond donors (Lipinski definition) is 0. The lowest BCUT2D eigenvalue weighted by Crippen LogP contribution is -2.45. The molecule has 5 aliphatic heterocycles. The molecule has 0 fully saturated rings. The van der Waals surface area contributed by atoms with Gasteiger partial charge in [-0.3, -0.25) is 0 Å². The molecule has 2 aromatic carbocycles. The molecule has 7 rings (SSSR count). The molecule has 2 aromatic rings. The van der Waals surface area contributed by atoms with E-state index in [2.05, 4.69) is 100 Å². The molecule has 0 bridgehead atoms. The van der Waals surface area contributed by atoms with Crippen LogP contribution in [0.5, 0.6) is 11.5 Å². The molecule has 0 unspecified atom stereocenters. The van der Waals surface area contributed by atoms with Gasteiger partial charge in [0.25, 0.3) is 5.70 Å². The highest BCUT2D eigenvalue weighted by Crippen LogP contribution is 2.55. The van der Waals surface area contributed by atoms with Gasteiger partial charge < -0.3 is 24.0 Å². The second-order valence-electron chi connectivity index (χ2n) is 17.9. The summed E-state index contributed by atoms with van der Waals surface area (Å²) in [6.07, 6.45) is 15.8. The van der Waals surface area contributed by atoms with E-state index in [-0.39, 0.29) is 27.4 Å². The minimum atomic E-state index is -0.0450. The van der Waals surface area contributed by atoms with Crippen LogP contribution in [0.4, 0.5) is 11.4 Å². The zero-order valence-electron chi connectivity index (χ0n) is 33.3. The van der Waals surface area contributed by atoms with E-state index in [1.54, 1.807) is 26.4 Å². The minimum absolute atomic E-state index is 0.0175. The van der Waals surface area contributed by atoms with Gasteiger partial charge in [-0.1, -0.05) is 55.4 Å². The Balaban J connectivity index is 1.30. The van der Waals surface area contributed by atoms with Crippen LogP contribution in [0.2, 0.25) is 0 Å². The Kier molecular flexibility index (Phi) is 8.88. The van der Waals surface area contributed by atoms with Crippen LogP contribution in [0.25, 0.3) is 17.0 Å². The molecule has 0 radical (unpaired) electrons. The lowest BCUT2D eigenvalue weighted by molar-refractivity contribution is 0.332. The Bertz CT molecular complexity index is 1970. The van der Waals surface area contributed by atoms with Gasteiger partial charge in [-0.2, -0.15) is 0 Å². The molecule has 53 heavy (non-hydrogen) atoms. The molecule has 5 heterocycles. The smallest absolute Gasteiger partial charge is 0.269 e. The molecular formula is C46H54N4O3. The minimum Gasteiger partial charge on any atom is -0.496 e. The highest BCUT2D eigenvalue weighted by atomic mass is 16.5. The predicted octanol–water partition coefficient (Wildman–Crippen LogP) is 10.3. The van der Waals surface area contributed by atoms with Gasteiger partial charge in [0, 0.05) is 59.8 Å². The zero-order valence-corrected chi connectivity index (χ0v) is 33.3. The molecule has 0 saturated carbocycles. The number of allylic oxidation sites excluding steroid dienone is 6. The summed E-state index contributed by atoms with van der Waals surface area (Å²) in [4.78, 5) is 8.64. The number of anilines is 2. The van der Waals surface area contributed by atoms with Crippen molar-refractivity contribution in [1.29, 1.82) is 5.26 Å². The van der Waals surface area contributed by atoms with Gasteiger partial charge in [-0.15, -0.1) is 0 Å². The summed E-state index contributed by atoms with van der Waals surface area (Å²) >= 11 is 0.